The Balaban J connectivity index is 1.20. The summed E-state index contributed by atoms with van der Waals surface area (Å²) in [6, 6.07) is -0.957. The van der Waals surface area contributed by atoms with Crippen LogP contribution in [0.2, 0.25) is 0 Å². The van der Waals surface area contributed by atoms with Crippen molar-refractivity contribution in [2.45, 2.75) is 49.7 Å². The van der Waals surface area contributed by atoms with E-state index in [1.165, 1.54) is 28.0 Å². The van der Waals surface area contributed by atoms with E-state index in [-0.39, 0.29) is 34.9 Å². The van der Waals surface area contributed by atoms with Gasteiger partial charge in [0.25, 0.3) is 24.0 Å². The molecule has 6 rings (SSSR count). The van der Waals surface area contributed by atoms with Gasteiger partial charge in [-0.2, -0.15) is 4.40 Å². The lowest BCUT2D eigenvalue weighted by molar-refractivity contribution is -0.687. The van der Waals surface area contributed by atoms with Gasteiger partial charge in [0.1, 0.15) is 41.7 Å². The molecule has 0 aromatic carbocycles. The fourth-order valence-electron chi connectivity index (χ4n) is 5.10. The maximum atomic E-state index is 13.3. The zero-order valence-electron chi connectivity index (χ0n) is 21.4. The zero-order valence-corrected chi connectivity index (χ0v) is 23.8. The van der Waals surface area contributed by atoms with E-state index in [1.807, 2.05) is 0 Å². The van der Waals surface area contributed by atoms with Gasteiger partial charge in [0.15, 0.2) is 10.8 Å². The minimum atomic E-state index is -1.24. The fourth-order valence-corrected chi connectivity index (χ4v) is 7.90. The van der Waals surface area contributed by atoms with Gasteiger partial charge in [0.05, 0.1) is 0 Å². The number of fused-ring (bicyclic) bond motifs is 2. The largest absolute Gasteiger partial charge is 0.477 e. The highest BCUT2D eigenvalue weighted by Gasteiger charge is 2.54. The molecular formula is C24H25N8O6S3+. The second kappa shape index (κ2) is 10.8. The highest BCUT2D eigenvalue weighted by Crippen LogP contribution is 2.40. The van der Waals surface area contributed by atoms with Crippen LogP contribution in [0.5, 0.6) is 0 Å². The number of carboxylic acid groups (broad SMARTS) is 1. The lowest BCUT2D eigenvalue weighted by atomic mass is 10.0. The van der Waals surface area contributed by atoms with Gasteiger partial charge in [0, 0.05) is 22.1 Å². The number of carboxylic acids is 1. The van der Waals surface area contributed by atoms with Crippen LogP contribution in [0.15, 0.2) is 39.7 Å². The number of nitrogens with one attached hydrogen (secondary N) is 1. The smallest absolute Gasteiger partial charge is 0.352 e. The van der Waals surface area contributed by atoms with Crippen molar-refractivity contribution >= 4 is 73.8 Å². The molecule has 1 saturated carbocycles. The number of thiazole rings is 2. The Kier molecular flexibility index (Phi) is 7.16. The van der Waals surface area contributed by atoms with Crippen molar-refractivity contribution in [2.24, 2.45) is 10.9 Å². The number of nitrogens with two attached hydrogens (primary N) is 2. The van der Waals surface area contributed by atoms with E-state index in [0.717, 1.165) is 41.9 Å². The highest BCUT2D eigenvalue weighted by molar-refractivity contribution is 8.00. The number of oxime groups is 1. The number of nitrogens with zero attached hydrogens (tertiary/aromatic N) is 5. The van der Waals surface area contributed by atoms with Crippen molar-refractivity contribution in [2.75, 3.05) is 11.5 Å². The Morgan fingerprint density at radius 2 is 2.02 bits per heavy atom. The van der Waals surface area contributed by atoms with Crippen molar-refractivity contribution < 1.29 is 33.7 Å². The number of β-lactam (4-membered cyclic amide) rings is 1. The van der Waals surface area contributed by atoms with Crippen LogP contribution in [0.1, 0.15) is 41.9 Å². The Hall–Kier alpha value is -3.96. The minimum absolute atomic E-state index is 0.0907. The molecule has 1 saturated heterocycles. The van der Waals surface area contributed by atoms with Gasteiger partial charge < -0.3 is 26.7 Å². The van der Waals surface area contributed by atoms with Crippen molar-refractivity contribution in [3.63, 3.8) is 0 Å². The molecule has 1 aliphatic carbocycles. The number of rotatable bonds is 9. The Morgan fingerprint density at radius 3 is 2.71 bits per heavy atom. The summed E-state index contributed by atoms with van der Waals surface area (Å²) in [7, 11) is 0. The number of aromatic nitrogens is 3. The normalized spacial score (nSPS) is 21.2. The first-order valence-corrected chi connectivity index (χ1v) is 15.5. The Morgan fingerprint density at radius 1 is 1.24 bits per heavy atom. The summed E-state index contributed by atoms with van der Waals surface area (Å²) >= 11 is 3.83. The predicted octanol–water partition coefficient (Wildman–Crippen LogP) is 0.528. The first-order valence-electron chi connectivity index (χ1n) is 12.7. The molecule has 0 spiro atoms. The third kappa shape index (κ3) is 5.04. The first kappa shape index (κ1) is 27.2. The summed E-state index contributed by atoms with van der Waals surface area (Å²) in [5.74, 6) is -2.70. The van der Waals surface area contributed by atoms with Crippen LogP contribution in [0.3, 0.4) is 0 Å². The van der Waals surface area contributed by atoms with Crippen LogP contribution in [0, 0.1) is 0 Å². The van der Waals surface area contributed by atoms with Crippen molar-refractivity contribution in [1.29, 1.82) is 0 Å². The van der Waals surface area contributed by atoms with Gasteiger partial charge in [-0.1, -0.05) is 16.5 Å². The Labute approximate surface area is 244 Å². The van der Waals surface area contributed by atoms with Crippen molar-refractivity contribution in [3.05, 3.63) is 45.9 Å². The third-order valence-electron chi connectivity index (χ3n) is 7.07. The molecule has 3 aromatic heterocycles. The van der Waals surface area contributed by atoms with E-state index in [4.69, 9.17) is 16.3 Å². The van der Waals surface area contributed by atoms with Gasteiger partial charge in [-0.05, 0) is 25.7 Å². The van der Waals surface area contributed by atoms with Crippen LogP contribution in [0.25, 0.3) is 4.83 Å². The van der Waals surface area contributed by atoms with Crippen LogP contribution in [-0.4, -0.2) is 72.1 Å². The average Bonchev–Trinajstić information content (AvgIpc) is 3.73. The quantitative estimate of drug-likeness (QED) is 0.114. The number of carbonyl (C=O) groups excluding carboxylic acids is 3. The van der Waals surface area contributed by atoms with E-state index < -0.39 is 35.1 Å². The molecule has 3 aliphatic rings. The summed E-state index contributed by atoms with van der Waals surface area (Å²) in [5, 5.41) is 19.7. The Bertz CT molecular complexity index is 1630. The molecule has 2 aliphatic heterocycles. The van der Waals surface area contributed by atoms with Gasteiger partial charge >= 0.3 is 5.97 Å². The lowest BCUT2D eigenvalue weighted by Gasteiger charge is -2.49. The van der Waals surface area contributed by atoms with Gasteiger partial charge in [0.2, 0.25) is 10.5 Å². The van der Waals surface area contributed by atoms with Gasteiger partial charge in [-0.15, -0.1) is 23.1 Å². The number of amides is 3. The van der Waals surface area contributed by atoms with Crippen LogP contribution in [-0.2, 0) is 25.8 Å². The molecule has 6 N–H and O–H groups in total. The number of hydrogen-bond acceptors (Lipinski definition) is 11. The predicted molar refractivity (Wildman–Crippen MR) is 150 cm³/mol. The third-order valence-corrected chi connectivity index (χ3v) is 9.96. The molecule has 214 valence electrons. The molecule has 3 aromatic rings. The van der Waals surface area contributed by atoms with E-state index >= 15 is 0 Å². The molecule has 17 heteroatoms. The maximum absolute atomic E-state index is 13.3. The molecular weight excluding hydrogens is 593 g/mol. The number of imidazole rings is 1. The number of thioether (sulfide) groups is 1. The van der Waals surface area contributed by atoms with E-state index in [0.29, 0.717) is 17.0 Å². The average molecular weight is 618 g/mol. The standard InChI is InChI=1S/C24H24N8O6S3/c25-19(33)14-9-39-15-6-30(10-31(14)15)5-11-7-40-22-17(21(35)32(22)18(11)23(36)37)28-20(34)16(13-8-41-24(26)27-13)29-38-12-3-1-2-4-12/h6,8-10,12,17,22H,1-5,7H2,(H5-,25,26,27,28,33,34,36,37)/p+1/b29-16-/t17-,22-/m1/s1. The number of hydrogen-bond donors (Lipinski definition) is 4. The number of primary amides is 1. The summed E-state index contributed by atoms with van der Waals surface area (Å²) in [5.41, 5.74) is 12.1. The summed E-state index contributed by atoms with van der Waals surface area (Å²) < 4.78 is 3.38. The fraction of sp³-hybridized carbons (Fsp3) is 0.375. The van der Waals surface area contributed by atoms with Gasteiger partial charge in [-0.3, -0.25) is 19.3 Å². The lowest BCUT2D eigenvalue weighted by Crippen LogP contribution is -2.71. The van der Waals surface area contributed by atoms with Crippen molar-refractivity contribution in [1.82, 2.24) is 19.6 Å². The van der Waals surface area contributed by atoms with Crippen molar-refractivity contribution in [3.8, 4) is 0 Å². The number of anilines is 1. The highest BCUT2D eigenvalue weighted by atomic mass is 32.2. The van der Waals surface area contributed by atoms with E-state index in [1.54, 1.807) is 32.3 Å². The molecule has 41 heavy (non-hydrogen) atoms. The van der Waals surface area contributed by atoms with Crippen LogP contribution >= 0.6 is 34.4 Å². The number of aliphatic carboxylic acids is 1. The molecule has 3 amide bonds. The molecule has 2 fully saturated rings. The maximum Gasteiger partial charge on any atom is 0.352 e. The number of carbonyl (C=O) groups is 4. The molecule has 0 unspecified atom stereocenters. The summed E-state index contributed by atoms with van der Waals surface area (Å²) in [4.78, 5) is 62.2. The number of nitrogen functional groups attached to an aromatic ring is 1. The second-order valence-corrected chi connectivity index (χ2v) is 12.6. The molecule has 5 heterocycles. The SMILES string of the molecule is NC(=O)c1csc2c[n+](CC3=C(C(=O)O)N4C(=O)[C@@H](NC(=O)/C(=N\OC5CCCC5)c5csc(N)n5)[C@H]4SC3)cn12. The molecule has 2 atom stereocenters. The van der Waals surface area contributed by atoms with E-state index in [2.05, 4.69) is 15.5 Å². The molecule has 0 radical (unpaired) electrons. The first-order chi connectivity index (χ1) is 19.7. The van der Waals surface area contributed by atoms with E-state index in [9.17, 15) is 24.3 Å². The molecule has 0 bridgehead atoms. The summed E-state index contributed by atoms with van der Waals surface area (Å²) in [6.45, 7) is 0.190. The van der Waals surface area contributed by atoms with Crippen LogP contribution < -0.4 is 21.4 Å². The summed E-state index contributed by atoms with van der Waals surface area (Å²) in [6.07, 6.45) is 7.07. The van der Waals surface area contributed by atoms with Crippen LogP contribution in [0.4, 0.5) is 5.13 Å². The topological polar surface area (TPSA) is 199 Å². The van der Waals surface area contributed by atoms with Gasteiger partial charge in [-0.25, -0.2) is 14.3 Å². The second-order valence-electron chi connectivity index (χ2n) is 9.75. The molecule has 14 nitrogen and oxygen atoms in total. The monoisotopic (exact) mass is 617 g/mol. The zero-order chi connectivity index (χ0) is 28.8. The minimum Gasteiger partial charge on any atom is -0.477 e.